The van der Waals surface area contributed by atoms with Gasteiger partial charge in [0.05, 0.1) is 12.7 Å². The van der Waals surface area contributed by atoms with Gasteiger partial charge in [-0.1, -0.05) is 13.0 Å². The molecule has 0 bridgehead atoms. The van der Waals surface area contributed by atoms with Crippen molar-refractivity contribution in [2.75, 3.05) is 33.3 Å². The van der Waals surface area contributed by atoms with Crippen molar-refractivity contribution in [2.45, 2.75) is 33.6 Å². The van der Waals surface area contributed by atoms with Crippen molar-refractivity contribution >= 4 is 11.8 Å². The fourth-order valence-corrected chi connectivity index (χ4v) is 3.05. The Hall–Kier alpha value is -2.04. The molecule has 0 aromatic heterocycles. The zero-order chi connectivity index (χ0) is 17.0. The highest BCUT2D eigenvalue weighted by molar-refractivity contribution is 5.98. The van der Waals surface area contributed by atoms with Crippen LogP contribution in [0.25, 0.3) is 0 Å². The van der Waals surface area contributed by atoms with E-state index in [0.29, 0.717) is 43.9 Å². The van der Waals surface area contributed by atoms with Gasteiger partial charge in [0.2, 0.25) is 5.91 Å². The molecule has 0 aliphatic carbocycles. The van der Waals surface area contributed by atoms with E-state index in [2.05, 4.69) is 0 Å². The molecule has 1 aromatic carbocycles. The number of carbonyl (C=O) groups excluding carboxylic acids is 2. The Morgan fingerprint density at radius 1 is 1.09 bits per heavy atom. The molecule has 0 atom stereocenters. The van der Waals surface area contributed by atoms with Gasteiger partial charge in [-0.15, -0.1) is 0 Å². The summed E-state index contributed by atoms with van der Waals surface area (Å²) >= 11 is 0. The van der Waals surface area contributed by atoms with Crippen LogP contribution in [0.1, 0.15) is 41.3 Å². The van der Waals surface area contributed by atoms with Gasteiger partial charge < -0.3 is 14.5 Å². The molecule has 5 heteroatoms. The SMILES string of the molecule is CCCC(=O)N1CCN(C(=O)c2c(C)cc(C)cc2OC)CC1. The van der Waals surface area contributed by atoms with Crippen molar-refractivity contribution < 1.29 is 14.3 Å². The number of carbonyl (C=O) groups is 2. The number of hydrogen-bond donors (Lipinski definition) is 0. The first-order chi connectivity index (χ1) is 11.0. The van der Waals surface area contributed by atoms with E-state index in [-0.39, 0.29) is 11.8 Å². The fourth-order valence-electron chi connectivity index (χ4n) is 3.05. The first kappa shape index (κ1) is 17.3. The molecule has 0 radical (unpaired) electrons. The van der Waals surface area contributed by atoms with E-state index in [1.807, 2.05) is 42.7 Å². The molecule has 1 aromatic rings. The molecule has 1 aliphatic rings. The quantitative estimate of drug-likeness (QED) is 0.856. The Bertz CT molecular complexity index is 590. The van der Waals surface area contributed by atoms with E-state index in [1.165, 1.54) is 0 Å². The number of amides is 2. The topological polar surface area (TPSA) is 49.9 Å². The average Bonchev–Trinajstić information content (AvgIpc) is 2.54. The van der Waals surface area contributed by atoms with Crippen molar-refractivity contribution in [1.29, 1.82) is 0 Å². The van der Waals surface area contributed by atoms with Crippen molar-refractivity contribution in [3.63, 3.8) is 0 Å². The lowest BCUT2D eigenvalue weighted by atomic mass is 10.0. The molecule has 1 saturated heterocycles. The van der Waals surface area contributed by atoms with Gasteiger partial charge >= 0.3 is 0 Å². The number of aryl methyl sites for hydroxylation is 2. The molecule has 1 aliphatic heterocycles. The molecule has 2 rings (SSSR count). The summed E-state index contributed by atoms with van der Waals surface area (Å²) in [4.78, 5) is 28.5. The summed E-state index contributed by atoms with van der Waals surface area (Å²) in [5.41, 5.74) is 2.63. The molecule has 5 nitrogen and oxygen atoms in total. The number of ether oxygens (including phenoxy) is 1. The second-order valence-corrected chi connectivity index (χ2v) is 6.08. The molecule has 2 amide bonds. The van der Waals surface area contributed by atoms with Gasteiger partial charge in [0.15, 0.2) is 0 Å². The highest BCUT2D eigenvalue weighted by atomic mass is 16.5. The second kappa shape index (κ2) is 7.49. The largest absolute Gasteiger partial charge is 0.496 e. The maximum absolute atomic E-state index is 12.9. The number of rotatable bonds is 4. The van der Waals surface area contributed by atoms with Crippen LogP contribution < -0.4 is 4.74 Å². The molecular weight excluding hydrogens is 292 g/mol. The van der Waals surface area contributed by atoms with Gasteiger partial charge in [-0.05, 0) is 37.5 Å². The molecule has 0 saturated carbocycles. The lowest BCUT2D eigenvalue weighted by Crippen LogP contribution is -2.50. The predicted molar refractivity (Wildman–Crippen MR) is 89.9 cm³/mol. The third-order valence-electron chi connectivity index (χ3n) is 4.26. The minimum Gasteiger partial charge on any atom is -0.496 e. The molecule has 1 heterocycles. The van der Waals surface area contributed by atoms with Crippen LogP contribution in [-0.4, -0.2) is 54.9 Å². The first-order valence-electron chi connectivity index (χ1n) is 8.20. The number of benzene rings is 1. The minimum atomic E-state index is -0.0121. The standard InChI is InChI=1S/C18H26N2O3/c1-5-6-16(21)19-7-9-20(10-8-19)18(22)17-14(3)11-13(2)12-15(17)23-4/h11-12H,5-10H2,1-4H3. The highest BCUT2D eigenvalue weighted by Crippen LogP contribution is 2.26. The van der Waals surface area contributed by atoms with Crippen molar-refractivity contribution in [1.82, 2.24) is 9.80 Å². The molecule has 0 N–H and O–H groups in total. The van der Waals surface area contributed by atoms with E-state index in [4.69, 9.17) is 4.74 Å². The van der Waals surface area contributed by atoms with E-state index in [9.17, 15) is 9.59 Å². The fraction of sp³-hybridized carbons (Fsp3) is 0.556. The van der Waals surface area contributed by atoms with E-state index in [0.717, 1.165) is 17.5 Å². The maximum Gasteiger partial charge on any atom is 0.258 e. The summed E-state index contributed by atoms with van der Waals surface area (Å²) < 4.78 is 5.40. The van der Waals surface area contributed by atoms with Gasteiger partial charge in [0, 0.05) is 32.6 Å². The third-order valence-corrected chi connectivity index (χ3v) is 4.26. The minimum absolute atomic E-state index is 0.0121. The summed E-state index contributed by atoms with van der Waals surface area (Å²) in [6.07, 6.45) is 1.44. The predicted octanol–water partition coefficient (Wildman–Crippen LogP) is 2.40. The zero-order valence-electron chi connectivity index (χ0n) is 14.5. The Labute approximate surface area is 138 Å². The monoisotopic (exact) mass is 318 g/mol. The van der Waals surface area contributed by atoms with Crippen LogP contribution in [-0.2, 0) is 4.79 Å². The Morgan fingerprint density at radius 3 is 2.26 bits per heavy atom. The van der Waals surface area contributed by atoms with Crippen LogP contribution >= 0.6 is 0 Å². The van der Waals surface area contributed by atoms with E-state index >= 15 is 0 Å². The van der Waals surface area contributed by atoms with Gasteiger partial charge in [-0.25, -0.2) is 0 Å². The molecule has 126 valence electrons. The second-order valence-electron chi connectivity index (χ2n) is 6.08. The molecule has 23 heavy (non-hydrogen) atoms. The van der Waals surface area contributed by atoms with Crippen molar-refractivity contribution in [2.24, 2.45) is 0 Å². The highest BCUT2D eigenvalue weighted by Gasteiger charge is 2.27. The Kier molecular flexibility index (Phi) is 5.64. The van der Waals surface area contributed by atoms with Crippen LogP contribution in [0.3, 0.4) is 0 Å². The van der Waals surface area contributed by atoms with Crippen LogP contribution in [0.5, 0.6) is 5.75 Å². The number of piperazine rings is 1. The zero-order valence-corrected chi connectivity index (χ0v) is 14.5. The number of hydrogen-bond acceptors (Lipinski definition) is 3. The summed E-state index contributed by atoms with van der Waals surface area (Å²) in [6.45, 7) is 8.29. The Morgan fingerprint density at radius 2 is 1.70 bits per heavy atom. The van der Waals surface area contributed by atoms with E-state index < -0.39 is 0 Å². The van der Waals surface area contributed by atoms with Crippen LogP contribution in [0, 0.1) is 13.8 Å². The van der Waals surface area contributed by atoms with Crippen molar-refractivity contribution in [3.8, 4) is 5.75 Å². The number of methoxy groups -OCH3 is 1. The molecule has 0 unspecified atom stereocenters. The Balaban J connectivity index is 2.10. The van der Waals surface area contributed by atoms with Crippen LogP contribution in [0.4, 0.5) is 0 Å². The first-order valence-corrected chi connectivity index (χ1v) is 8.20. The smallest absolute Gasteiger partial charge is 0.258 e. The van der Waals surface area contributed by atoms with Crippen LogP contribution in [0.15, 0.2) is 12.1 Å². The number of nitrogens with zero attached hydrogens (tertiary/aromatic N) is 2. The van der Waals surface area contributed by atoms with Crippen molar-refractivity contribution in [3.05, 3.63) is 28.8 Å². The molecule has 1 fully saturated rings. The van der Waals surface area contributed by atoms with Gasteiger partial charge in [-0.3, -0.25) is 9.59 Å². The van der Waals surface area contributed by atoms with Gasteiger partial charge in [-0.2, -0.15) is 0 Å². The summed E-state index contributed by atoms with van der Waals surface area (Å²) in [6, 6.07) is 3.89. The maximum atomic E-state index is 12.9. The molecule has 0 spiro atoms. The molecular formula is C18H26N2O3. The lowest BCUT2D eigenvalue weighted by molar-refractivity contribution is -0.132. The third kappa shape index (κ3) is 3.84. The summed E-state index contributed by atoms with van der Waals surface area (Å²) in [5.74, 6) is 0.794. The summed E-state index contributed by atoms with van der Waals surface area (Å²) in [7, 11) is 1.59. The average molecular weight is 318 g/mol. The van der Waals surface area contributed by atoms with Gasteiger partial charge in [0.1, 0.15) is 5.75 Å². The van der Waals surface area contributed by atoms with E-state index in [1.54, 1.807) is 7.11 Å². The lowest BCUT2D eigenvalue weighted by Gasteiger charge is -2.35. The van der Waals surface area contributed by atoms with Crippen LogP contribution in [0.2, 0.25) is 0 Å². The summed E-state index contributed by atoms with van der Waals surface area (Å²) in [5, 5.41) is 0. The van der Waals surface area contributed by atoms with Gasteiger partial charge in [0.25, 0.3) is 5.91 Å². The normalized spacial score (nSPS) is 14.8.